The van der Waals surface area contributed by atoms with Crippen molar-refractivity contribution >= 4 is 23.7 Å². The molecule has 2 N–H and O–H groups in total. The zero-order valence-electron chi connectivity index (χ0n) is 19.2. The zero-order chi connectivity index (χ0) is 23.7. The molecule has 0 heterocycles. The van der Waals surface area contributed by atoms with Crippen molar-refractivity contribution in [2.45, 2.75) is 41.2 Å². The molecule has 0 aromatic heterocycles. The molecule has 0 unspecified atom stereocenters. The Morgan fingerprint density at radius 3 is 2.34 bits per heavy atom. The van der Waals surface area contributed by atoms with Crippen molar-refractivity contribution in [3.63, 3.8) is 0 Å². The molecule has 2 aromatic rings. The lowest BCUT2D eigenvalue weighted by Crippen LogP contribution is -2.22. The largest absolute Gasteiger partial charge is 0.513 e. The van der Waals surface area contributed by atoms with Gasteiger partial charge in [-0.2, -0.15) is 0 Å². The fourth-order valence-electron chi connectivity index (χ4n) is 2.53. The van der Waals surface area contributed by atoms with E-state index < -0.39 is 6.16 Å². The Labute approximate surface area is 188 Å². The van der Waals surface area contributed by atoms with E-state index in [9.17, 15) is 14.4 Å². The van der Waals surface area contributed by atoms with Gasteiger partial charge in [-0.05, 0) is 61.2 Å². The summed E-state index contributed by atoms with van der Waals surface area (Å²) in [5.41, 5.74) is 2.80. The van der Waals surface area contributed by atoms with Crippen LogP contribution in [-0.2, 0) is 16.1 Å². The van der Waals surface area contributed by atoms with Crippen LogP contribution in [0.4, 0.5) is 10.5 Å². The van der Waals surface area contributed by atoms with Crippen molar-refractivity contribution in [2.24, 2.45) is 5.41 Å². The number of carbonyl (C=O) groups excluding carboxylic acids is 3. The van der Waals surface area contributed by atoms with Gasteiger partial charge in [-0.3, -0.25) is 9.59 Å². The number of hydrogen-bond donors (Lipinski definition) is 2. The molecule has 0 aliphatic rings. The second-order valence-corrected chi connectivity index (χ2v) is 8.26. The van der Waals surface area contributed by atoms with Crippen LogP contribution in [0.15, 0.2) is 60.2 Å². The lowest BCUT2D eigenvalue weighted by molar-refractivity contribution is -0.116. The Morgan fingerprint density at radius 1 is 1.03 bits per heavy atom. The topological polar surface area (TPSA) is 93.7 Å². The Kier molecular flexibility index (Phi) is 8.58. The molecule has 0 atom stereocenters. The van der Waals surface area contributed by atoms with Gasteiger partial charge in [0.15, 0.2) is 0 Å². The summed E-state index contributed by atoms with van der Waals surface area (Å²) in [7, 11) is 0. The van der Waals surface area contributed by atoms with Crippen LogP contribution in [-0.4, -0.2) is 24.6 Å². The van der Waals surface area contributed by atoms with Gasteiger partial charge in [0, 0.05) is 23.9 Å². The molecule has 0 saturated carbocycles. The van der Waals surface area contributed by atoms with Crippen molar-refractivity contribution in [3.05, 3.63) is 71.3 Å². The van der Waals surface area contributed by atoms with E-state index >= 15 is 0 Å². The third-order valence-electron chi connectivity index (χ3n) is 4.76. The van der Waals surface area contributed by atoms with Crippen molar-refractivity contribution in [1.29, 1.82) is 0 Å². The Bertz CT molecular complexity index is 988. The molecule has 0 radical (unpaired) electrons. The number of rotatable bonds is 7. The SMILES string of the molecule is CCOC(=O)Oc1ccc(C(=O)Nc2cccc(CNC(=O)/C=C(\C)C(C)(C)C)c2)cc1. The van der Waals surface area contributed by atoms with Gasteiger partial charge in [0.2, 0.25) is 5.91 Å². The summed E-state index contributed by atoms with van der Waals surface area (Å²) in [6, 6.07) is 13.4. The highest BCUT2D eigenvalue weighted by atomic mass is 16.7. The molecule has 2 rings (SSSR count). The van der Waals surface area contributed by atoms with Crippen LogP contribution in [0.5, 0.6) is 5.75 Å². The Balaban J connectivity index is 1.95. The molecule has 0 fully saturated rings. The normalized spacial score (nSPS) is 11.5. The second kappa shape index (κ2) is 11.1. The van der Waals surface area contributed by atoms with Crippen LogP contribution in [0.1, 0.15) is 50.5 Å². The maximum absolute atomic E-state index is 12.5. The van der Waals surface area contributed by atoms with E-state index in [0.717, 1.165) is 11.1 Å². The molecule has 0 saturated heterocycles. The van der Waals surface area contributed by atoms with Gasteiger partial charge < -0.3 is 20.1 Å². The number of ether oxygens (including phenoxy) is 2. The van der Waals surface area contributed by atoms with Gasteiger partial charge in [-0.15, -0.1) is 0 Å². The molecule has 32 heavy (non-hydrogen) atoms. The molecule has 0 spiro atoms. The molecular formula is C25H30N2O5. The first-order valence-corrected chi connectivity index (χ1v) is 10.4. The summed E-state index contributed by atoms with van der Waals surface area (Å²) in [6.45, 7) is 10.3. The third kappa shape index (κ3) is 7.91. The summed E-state index contributed by atoms with van der Waals surface area (Å²) in [4.78, 5) is 36.0. The molecule has 2 amide bonds. The van der Waals surface area contributed by atoms with Crippen molar-refractivity contribution in [1.82, 2.24) is 5.32 Å². The fraction of sp³-hybridized carbons (Fsp3) is 0.320. The van der Waals surface area contributed by atoms with Gasteiger partial charge in [0.05, 0.1) is 6.61 Å². The maximum Gasteiger partial charge on any atom is 0.513 e. The Morgan fingerprint density at radius 2 is 1.72 bits per heavy atom. The van der Waals surface area contributed by atoms with E-state index in [1.54, 1.807) is 37.3 Å². The zero-order valence-corrected chi connectivity index (χ0v) is 19.2. The van der Waals surface area contributed by atoms with E-state index in [0.29, 0.717) is 17.8 Å². The molecule has 0 aliphatic heterocycles. The van der Waals surface area contributed by atoms with Crippen LogP contribution in [0.3, 0.4) is 0 Å². The summed E-state index contributed by atoms with van der Waals surface area (Å²) in [5.74, 6) is -0.178. The number of amides is 2. The number of benzene rings is 2. The van der Waals surface area contributed by atoms with E-state index in [1.807, 2.05) is 19.1 Å². The lowest BCUT2D eigenvalue weighted by Gasteiger charge is -2.19. The smallest absolute Gasteiger partial charge is 0.434 e. The van der Waals surface area contributed by atoms with E-state index in [1.165, 1.54) is 12.1 Å². The minimum Gasteiger partial charge on any atom is -0.434 e. The van der Waals surface area contributed by atoms with E-state index in [-0.39, 0.29) is 29.6 Å². The molecule has 0 aliphatic carbocycles. The molecular weight excluding hydrogens is 408 g/mol. The number of hydrogen-bond acceptors (Lipinski definition) is 5. The van der Waals surface area contributed by atoms with Crippen molar-refractivity contribution in [2.75, 3.05) is 11.9 Å². The van der Waals surface area contributed by atoms with Crippen LogP contribution in [0.25, 0.3) is 0 Å². The first kappa shape index (κ1) is 24.7. The van der Waals surface area contributed by atoms with Gasteiger partial charge in [-0.25, -0.2) is 4.79 Å². The van der Waals surface area contributed by atoms with Crippen LogP contribution in [0, 0.1) is 5.41 Å². The highest BCUT2D eigenvalue weighted by Crippen LogP contribution is 2.24. The molecule has 7 nitrogen and oxygen atoms in total. The average Bonchev–Trinajstić information content (AvgIpc) is 2.72. The van der Waals surface area contributed by atoms with E-state index in [4.69, 9.17) is 9.47 Å². The molecule has 170 valence electrons. The number of anilines is 1. The van der Waals surface area contributed by atoms with Crippen LogP contribution in [0.2, 0.25) is 0 Å². The molecule has 0 bridgehead atoms. The second-order valence-electron chi connectivity index (χ2n) is 8.26. The fourth-order valence-corrected chi connectivity index (χ4v) is 2.53. The first-order chi connectivity index (χ1) is 15.1. The van der Waals surface area contributed by atoms with Gasteiger partial charge in [-0.1, -0.05) is 38.5 Å². The third-order valence-corrected chi connectivity index (χ3v) is 4.76. The lowest BCUT2D eigenvalue weighted by atomic mass is 9.87. The molecule has 2 aromatic carbocycles. The average molecular weight is 439 g/mol. The van der Waals surface area contributed by atoms with Gasteiger partial charge >= 0.3 is 6.16 Å². The highest BCUT2D eigenvalue weighted by Gasteiger charge is 2.14. The minimum atomic E-state index is -0.794. The van der Waals surface area contributed by atoms with E-state index in [2.05, 4.69) is 31.4 Å². The quantitative estimate of drug-likeness (QED) is 0.357. The Hall–Kier alpha value is -3.61. The maximum atomic E-state index is 12.5. The predicted octanol–water partition coefficient (Wildman–Crippen LogP) is 5.08. The van der Waals surface area contributed by atoms with Crippen molar-refractivity contribution < 1.29 is 23.9 Å². The number of nitrogens with one attached hydrogen (secondary N) is 2. The summed E-state index contributed by atoms with van der Waals surface area (Å²) >= 11 is 0. The first-order valence-electron chi connectivity index (χ1n) is 10.4. The predicted molar refractivity (Wildman–Crippen MR) is 124 cm³/mol. The van der Waals surface area contributed by atoms with Gasteiger partial charge in [0.1, 0.15) is 5.75 Å². The van der Waals surface area contributed by atoms with Crippen LogP contribution < -0.4 is 15.4 Å². The van der Waals surface area contributed by atoms with Crippen LogP contribution >= 0.6 is 0 Å². The van der Waals surface area contributed by atoms with Crippen molar-refractivity contribution in [3.8, 4) is 5.75 Å². The summed E-state index contributed by atoms with van der Waals surface area (Å²) < 4.78 is 9.69. The minimum absolute atomic E-state index is 0.0648. The molecule has 7 heteroatoms. The standard InChI is InChI=1S/C25H30N2O5/c1-6-31-24(30)32-21-12-10-19(11-13-21)23(29)27-20-9-7-8-18(15-20)16-26-22(28)14-17(2)25(3,4)5/h7-15H,6,16H2,1-5H3,(H,26,28)(H,27,29)/b17-14+. The highest BCUT2D eigenvalue weighted by molar-refractivity contribution is 6.04. The number of allylic oxidation sites excluding steroid dienone is 1. The summed E-state index contributed by atoms with van der Waals surface area (Å²) in [6.07, 6.45) is 0.818. The monoisotopic (exact) mass is 438 g/mol. The summed E-state index contributed by atoms with van der Waals surface area (Å²) in [5, 5.41) is 5.69. The van der Waals surface area contributed by atoms with Gasteiger partial charge in [0.25, 0.3) is 5.91 Å². The number of carbonyl (C=O) groups is 3.